The Morgan fingerprint density at radius 1 is 1.50 bits per heavy atom. The monoisotopic (exact) mass is 270 g/mol. The summed E-state index contributed by atoms with van der Waals surface area (Å²) in [6, 6.07) is 1.81. The smallest absolute Gasteiger partial charge is 0.317 e. The lowest BCUT2D eigenvalue weighted by Gasteiger charge is -2.16. The summed E-state index contributed by atoms with van der Waals surface area (Å²) in [6.45, 7) is 2.79. The van der Waals surface area contributed by atoms with Crippen LogP contribution in [0.15, 0.2) is 11.4 Å². The third-order valence-corrected chi connectivity index (χ3v) is 3.59. The number of hydrogen-bond donors (Lipinski definition) is 2. The summed E-state index contributed by atoms with van der Waals surface area (Å²) in [5, 5.41) is 13.3. The molecule has 0 bridgehead atoms. The van der Waals surface area contributed by atoms with Crippen molar-refractivity contribution in [3.8, 4) is 0 Å². The molecule has 0 aliphatic carbocycles. The summed E-state index contributed by atoms with van der Waals surface area (Å²) in [4.78, 5) is 24.6. The predicted octanol–water partition coefficient (Wildman–Crippen LogP) is 1.93. The molecule has 1 aromatic heterocycles. The maximum atomic E-state index is 11.7. The van der Waals surface area contributed by atoms with Gasteiger partial charge in [-0.2, -0.15) is 0 Å². The average Bonchev–Trinajstić information content (AvgIpc) is 2.80. The summed E-state index contributed by atoms with van der Waals surface area (Å²) in [6.07, 6.45) is 0.909. The number of thiophene rings is 1. The number of nitrogens with zero attached hydrogens (tertiary/aromatic N) is 1. The third-order valence-electron chi connectivity index (χ3n) is 2.63. The van der Waals surface area contributed by atoms with E-state index in [0.29, 0.717) is 6.54 Å². The van der Waals surface area contributed by atoms with Gasteiger partial charge in [0.05, 0.1) is 13.0 Å². The Kier molecular flexibility index (Phi) is 5.64. The van der Waals surface area contributed by atoms with Crippen molar-refractivity contribution < 1.29 is 14.7 Å². The molecule has 0 aliphatic heterocycles. The number of rotatable bonds is 6. The first-order chi connectivity index (χ1) is 8.54. The molecule has 2 amide bonds. The molecule has 0 aromatic carbocycles. The highest BCUT2D eigenvalue weighted by atomic mass is 32.1. The number of carbonyl (C=O) groups is 2. The summed E-state index contributed by atoms with van der Waals surface area (Å²) in [7, 11) is 1.59. The second-order valence-corrected chi connectivity index (χ2v) is 4.95. The number of carboxylic acid groups (broad SMARTS) is 1. The van der Waals surface area contributed by atoms with E-state index in [9.17, 15) is 9.59 Å². The second kappa shape index (κ2) is 7.00. The molecular weight excluding hydrogens is 252 g/mol. The summed E-state index contributed by atoms with van der Waals surface area (Å²) in [5.74, 6) is -0.902. The van der Waals surface area contributed by atoms with Gasteiger partial charge in [-0.15, -0.1) is 11.3 Å². The minimum absolute atomic E-state index is 0.0386. The Hall–Kier alpha value is -1.56. The van der Waals surface area contributed by atoms with E-state index < -0.39 is 5.97 Å². The number of urea groups is 1. The van der Waals surface area contributed by atoms with E-state index in [4.69, 9.17) is 5.11 Å². The van der Waals surface area contributed by atoms with E-state index in [1.54, 1.807) is 18.4 Å². The summed E-state index contributed by atoms with van der Waals surface area (Å²) in [5.41, 5.74) is 1.24. The van der Waals surface area contributed by atoms with Gasteiger partial charge >= 0.3 is 12.0 Å². The number of aryl methyl sites for hydroxylation is 1. The molecule has 5 nitrogen and oxygen atoms in total. The van der Waals surface area contributed by atoms with Crippen molar-refractivity contribution in [2.45, 2.75) is 26.3 Å². The first kappa shape index (κ1) is 14.5. The Balaban J connectivity index is 2.38. The Morgan fingerprint density at radius 3 is 2.83 bits per heavy atom. The highest BCUT2D eigenvalue weighted by molar-refractivity contribution is 7.10. The lowest BCUT2D eigenvalue weighted by atomic mass is 10.2. The van der Waals surface area contributed by atoms with Gasteiger partial charge in [0.25, 0.3) is 0 Å². The lowest BCUT2D eigenvalue weighted by Crippen LogP contribution is -2.37. The molecule has 0 saturated heterocycles. The molecule has 1 aromatic rings. The minimum atomic E-state index is -0.902. The van der Waals surface area contributed by atoms with E-state index in [-0.39, 0.29) is 19.0 Å². The first-order valence-corrected chi connectivity index (χ1v) is 6.68. The van der Waals surface area contributed by atoms with Gasteiger partial charge in [-0.1, -0.05) is 6.92 Å². The Labute approximate surface area is 110 Å². The zero-order valence-electron chi connectivity index (χ0n) is 10.6. The Bertz CT molecular complexity index is 417. The van der Waals surface area contributed by atoms with Crippen LogP contribution >= 0.6 is 11.3 Å². The fourth-order valence-corrected chi connectivity index (χ4v) is 2.41. The topological polar surface area (TPSA) is 69.6 Å². The molecule has 0 radical (unpaired) electrons. The van der Waals surface area contributed by atoms with Crippen molar-refractivity contribution in [1.29, 1.82) is 0 Å². The minimum Gasteiger partial charge on any atom is -0.481 e. The number of hydrogen-bond acceptors (Lipinski definition) is 3. The van der Waals surface area contributed by atoms with Crippen molar-refractivity contribution in [3.63, 3.8) is 0 Å². The van der Waals surface area contributed by atoms with Crippen LogP contribution in [0.1, 0.15) is 23.8 Å². The van der Waals surface area contributed by atoms with E-state index in [1.165, 1.54) is 10.5 Å². The summed E-state index contributed by atoms with van der Waals surface area (Å²) < 4.78 is 0. The molecule has 0 atom stereocenters. The normalized spacial score (nSPS) is 10.1. The van der Waals surface area contributed by atoms with Crippen LogP contribution in [0, 0.1) is 0 Å². The van der Waals surface area contributed by atoms with Crippen LogP contribution in [0.3, 0.4) is 0 Å². The SMILES string of the molecule is CCc1ccsc1CNC(=O)N(C)CCC(=O)O. The van der Waals surface area contributed by atoms with E-state index in [2.05, 4.69) is 18.3 Å². The second-order valence-electron chi connectivity index (χ2n) is 3.95. The maximum absolute atomic E-state index is 11.7. The molecule has 2 N–H and O–H groups in total. The molecule has 0 spiro atoms. The lowest BCUT2D eigenvalue weighted by molar-refractivity contribution is -0.137. The number of aliphatic carboxylic acids is 1. The standard InChI is InChI=1S/C12H18N2O3S/c1-3-9-5-7-18-10(9)8-13-12(17)14(2)6-4-11(15)16/h5,7H,3-4,6,8H2,1-2H3,(H,13,17)(H,15,16). The zero-order valence-corrected chi connectivity index (χ0v) is 11.4. The third kappa shape index (κ3) is 4.37. The maximum Gasteiger partial charge on any atom is 0.317 e. The van der Waals surface area contributed by atoms with E-state index in [0.717, 1.165) is 11.3 Å². The van der Waals surface area contributed by atoms with Crippen molar-refractivity contribution in [2.75, 3.05) is 13.6 Å². The highest BCUT2D eigenvalue weighted by Crippen LogP contribution is 2.16. The average molecular weight is 270 g/mol. The van der Waals surface area contributed by atoms with E-state index >= 15 is 0 Å². The highest BCUT2D eigenvalue weighted by Gasteiger charge is 2.10. The van der Waals surface area contributed by atoms with Crippen LogP contribution in [0.5, 0.6) is 0 Å². The van der Waals surface area contributed by atoms with Crippen molar-refractivity contribution in [2.24, 2.45) is 0 Å². The van der Waals surface area contributed by atoms with Gasteiger partial charge in [0.1, 0.15) is 0 Å². The predicted molar refractivity (Wildman–Crippen MR) is 70.8 cm³/mol. The van der Waals surface area contributed by atoms with Gasteiger partial charge in [-0.05, 0) is 23.4 Å². The fraction of sp³-hybridized carbons (Fsp3) is 0.500. The first-order valence-electron chi connectivity index (χ1n) is 5.80. The van der Waals surface area contributed by atoms with E-state index in [1.807, 2.05) is 5.38 Å². The molecule has 0 fully saturated rings. The zero-order chi connectivity index (χ0) is 13.5. The Morgan fingerprint density at radius 2 is 2.22 bits per heavy atom. The van der Waals surface area contributed by atoms with Crippen LogP contribution in [0.4, 0.5) is 4.79 Å². The van der Waals surface area contributed by atoms with Crippen LogP contribution < -0.4 is 5.32 Å². The molecule has 0 aliphatic rings. The van der Waals surface area contributed by atoms with Crippen LogP contribution in [0.2, 0.25) is 0 Å². The molecular formula is C12H18N2O3S. The molecule has 1 rings (SSSR count). The molecule has 0 saturated carbocycles. The largest absolute Gasteiger partial charge is 0.481 e. The van der Waals surface area contributed by atoms with Gasteiger partial charge in [0, 0.05) is 18.5 Å². The number of carbonyl (C=O) groups excluding carboxylic acids is 1. The van der Waals surface area contributed by atoms with Crippen LogP contribution in [-0.2, 0) is 17.8 Å². The fourth-order valence-electron chi connectivity index (χ4n) is 1.49. The summed E-state index contributed by atoms with van der Waals surface area (Å²) >= 11 is 1.62. The quantitative estimate of drug-likeness (QED) is 0.829. The molecule has 6 heteroatoms. The number of nitrogens with one attached hydrogen (secondary N) is 1. The van der Waals surface area contributed by atoms with Crippen LogP contribution in [0.25, 0.3) is 0 Å². The molecule has 0 unspecified atom stereocenters. The van der Waals surface area contributed by atoms with Gasteiger partial charge < -0.3 is 15.3 Å². The van der Waals surface area contributed by atoms with Crippen molar-refractivity contribution in [3.05, 3.63) is 21.9 Å². The molecule has 1 heterocycles. The van der Waals surface area contributed by atoms with Crippen molar-refractivity contribution >= 4 is 23.3 Å². The number of carboxylic acids is 1. The molecule has 18 heavy (non-hydrogen) atoms. The molecule has 100 valence electrons. The van der Waals surface area contributed by atoms with Gasteiger partial charge in [0.2, 0.25) is 0 Å². The van der Waals surface area contributed by atoms with Gasteiger partial charge in [-0.25, -0.2) is 4.79 Å². The van der Waals surface area contributed by atoms with Crippen molar-refractivity contribution in [1.82, 2.24) is 10.2 Å². The van der Waals surface area contributed by atoms with Gasteiger partial charge in [-0.3, -0.25) is 4.79 Å². The van der Waals surface area contributed by atoms with Gasteiger partial charge in [0.15, 0.2) is 0 Å². The number of amides is 2. The van der Waals surface area contributed by atoms with Crippen LogP contribution in [-0.4, -0.2) is 35.6 Å².